The first kappa shape index (κ1) is 31.9. The molecular formula is C35H40N4O6. The lowest BCUT2D eigenvalue weighted by Gasteiger charge is -2.49. The largest absolute Gasteiger partial charge is 0.481 e. The fourth-order valence-corrected chi connectivity index (χ4v) is 7.48. The van der Waals surface area contributed by atoms with Crippen LogP contribution in [0.15, 0.2) is 96.2 Å². The van der Waals surface area contributed by atoms with E-state index in [4.69, 9.17) is 0 Å². The minimum absolute atomic E-state index is 0.0247. The van der Waals surface area contributed by atoms with Crippen LogP contribution >= 0.6 is 0 Å². The fourth-order valence-electron chi connectivity index (χ4n) is 7.48. The van der Waals surface area contributed by atoms with Gasteiger partial charge >= 0.3 is 11.9 Å². The van der Waals surface area contributed by atoms with Gasteiger partial charge < -0.3 is 15.5 Å². The third kappa shape index (κ3) is 6.62. The Labute approximate surface area is 263 Å². The number of non-ortho nitro benzene ring substituents is 1. The third-order valence-corrected chi connectivity index (χ3v) is 9.43. The molecule has 0 amide bonds. The zero-order valence-electron chi connectivity index (χ0n) is 25.8. The van der Waals surface area contributed by atoms with Crippen molar-refractivity contribution in [3.8, 4) is 0 Å². The Hall–Kier alpha value is -4.54. The van der Waals surface area contributed by atoms with E-state index in [9.17, 15) is 29.9 Å². The molecule has 0 bridgehead atoms. The monoisotopic (exact) mass is 612 g/mol. The maximum absolute atomic E-state index is 13.0. The third-order valence-electron chi connectivity index (χ3n) is 9.43. The molecule has 236 valence electrons. The molecule has 10 heteroatoms. The lowest BCUT2D eigenvalue weighted by Crippen LogP contribution is -2.60. The Morgan fingerprint density at radius 1 is 0.933 bits per heavy atom. The summed E-state index contributed by atoms with van der Waals surface area (Å²) in [6, 6.07) is 26.7. The predicted molar refractivity (Wildman–Crippen MR) is 171 cm³/mol. The maximum Gasteiger partial charge on any atom is 0.333 e. The molecule has 0 aromatic heterocycles. The van der Waals surface area contributed by atoms with Crippen LogP contribution in [-0.2, 0) is 9.59 Å². The van der Waals surface area contributed by atoms with Crippen LogP contribution in [0.1, 0.15) is 55.8 Å². The molecule has 45 heavy (non-hydrogen) atoms. The molecule has 3 N–H and O–H groups in total. The van der Waals surface area contributed by atoms with Crippen molar-refractivity contribution in [3.63, 3.8) is 0 Å². The number of carboxylic acids is 2. The topological polar surface area (TPSA) is 136 Å². The number of allylic oxidation sites excluding steroid dienone is 1. The summed E-state index contributed by atoms with van der Waals surface area (Å²) in [5, 5.41) is 35.6. The highest BCUT2D eigenvalue weighted by atomic mass is 16.6. The highest BCUT2D eigenvalue weighted by molar-refractivity contribution is 5.92. The van der Waals surface area contributed by atoms with E-state index in [1.165, 1.54) is 29.3 Å². The van der Waals surface area contributed by atoms with Crippen molar-refractivity contribution in [2.24, 2.45) is 5.92 Å². The Bertz CT molecular complexity index is 1530. The first-order valence-corrected chi connectivity index (χ1v) is 15.3. The number of aliphatic carboxylic acids is 2. The molecule has 1 saturated heterocycles. The van der Waals surface area contributed by atoms with E-state index in [2.05, 4.69) is 70.6 Å². The van der Waals surface area contributed by atoms with E-state index in [0.717, 1.165) is 26.2 Å². The summed E-state index contributed by atoms with van der Waals surface area (Å²) in [6.07, 6.45) is 0.431. The van der Waals surface area contributed by atoms with Crippen LogP contribution in [-0.4, -0.2) is 74.6 Å². The van der Waals surface area contributed by atoms with Crippen LogP contribution in [0, 0.1) is 16.0 Å². The molecule has 0 saturated carbocycles. The Morgan fingerprint density at radius 2 is 1.49 bits per heavy atom. The van der Waals surface area contributed by atoms with E-state index in [1.807, 2.05) is 19.1 Å². The van der Waals surface area contributed by atoms with Crippen molar-refractivity contribution in [1.29, 1.82) is 0 Å². The Kier molecular flexibility index (Phi) is 9.36. The SMILES string of the molecule is CC1=C(C(=O)O)C(c2cccc([N+](=O)[O-])c2)C(C(=O)O)C(C)(CC(C)N2CCN(C(c3ccccc3)c3ccccc3)CC2)N1. The van der Waals surface area contributed by atoms with Crippen LogP contribution in [0.25, 0.3) is 0 Å². The number of nitro benzene ring substituents is 1. The van der Waals surface area contributed by atoms with Gasteiger partial charge in [0.25, 0.3) is 5.69 Å². The summed E-state index contributed by atoms with van der Waals surface area (Å²) in [5.41, 5.74) is 1.80. The lowest BCUT2D eigenvalue weighted by atomic mass is 9.65. The highest BCUT2D eigenvalue weighted by Crippen LogP contribution is 2.46. The molecule has 0 aliphatic carbocycles. The van der Waals surface area contributed by atoms with E-state index in [1.54, 1.807) is 13.0 Å². The van der Waals surface area contributed by atoms with Crippen LogP contribution in [0.5, 0.6) is 0 Å². The van der Waals surface area contributed by atoms with Gasteiger partial charge in [-0.15, -0.1) is 0 Å². The van der Waals surface area contributed by atoms with E-state index < -0.39 is 34.2 Å². The van der Waals surface area contributed by atoms with Crippen LogP contribution in [0.2, 0.25) is 0 Å². The molecule has 0 radical (unpaired) electrons. The summed E-state index contributed by atoms with van der Waals surface area (Å²) in [4.78, 5) is 41.3. The molecule has 3 aromatic carbocycles. The second kappa shape index (κ2) is 13.2. The molecule has 2 aliphatic rings. The first-order valence-electron chi connectivity index (χ1n) is 15.3. The number of carboxylic acid groups (broad SMARTS) is 2. The number of rotatable bonds is 10. The number of piperazine rings is 1. The molecule has 2 aliphatic heterocycles. The molecule has 10 nitrogen and oxygen atoms in total. The summed E-state index contributed by atoms with van der Waals surface area (Å²) >= 11 is 0. The average molecular weight is 613 g/mol. The number of nitro groups is 1. The van der Waals surface area contributed by atoms with Crippen LogP contribution in [0.4, 0.5) is 5.69 Å². The zero-order valence-corrected chi connectivity index (χ0v) is 25.8. The summed E-state index contributed by atoms with van der Waals surface area (Å²) in [5.74, 6) is -4.66. The Morgan fingerprint density at radius 3 is 2.00 bits per heavy atom. The normalized spacial score (nSPS) is 23.4. The van der Waals surface area contributed by atoms with Gasteiger partial charge in [-0.3, -0.25) is 24.7 Å². The predicted octanol–water partition coefficient (Wildman–Crippen LogP) is 5.29. The van der Waals surface area contributed by atoms with Gasteiger partial charge in [-0.2, -0.15) is 0 Å². The van der Waals surface area contributed by atoms with Crippen molar-refractivity contribution in [2.45, 2.75) is 50.7 Å². The molecule has 4 atom stereocenters. The van der Waals surface area contributed by atoms with Gasteiger partial charge in [-0.1, -0.05) is 72.8 Å². The second-order valence-corrected chi connectivity index (χ2v) is 12.4. The molecular weight excluding hydrogens is 572 g/mol. The van der Waals surface area contributed by atoms with Gasteiger partial charge in [0.1, 0.15) is 0 Å². The Balaban J connectivity index is 1.39. The standard InChI is InChI=1S/C35H40N4O6/c1-23(37-17-19-38(20-18-37)32(25-11-6-4-7-12-25)26-13-8-5-9-14-26)22-35(3)31(34(42)43)30(29(33(40)41)24(2)36-35)27-15-10-16-28(21-27)39(44)45/h4-16,21,23,30-32,36H,17-20,22H2,1-3H3,(H,40,41)(H,42,43). The van der Waals surface area contributed by atoms with Gasteiger partial charge in [-0.25, -0.2) is 4.79 Å². The van der Waals surface area contributed by atoms with Crippen molar-refractivity contribution in [3.05, 3.63) is 123 Å². The molecule has 0 spiro atoms. The average Bonchev–Trinajstić information content (AvgIpc) is 3.01. The molecule has 5 rings (SSSR count). The lowest BCUT2D eigenvalue weighted by molar-refractivity contribution is -0.384. The maximum atomic E-state index is 13.0. The number of nitrogens with zero attached hydrogens (tertiary/aromatic N) is 3. The van der Waals surface area contributed by atoms with Crippen LogP contribution < -0.4 is 5.32 Å². The quantitative estimate of drug-likeness (QED) is 0.206. The summed E-state index contributed by atoms with van der Waals surface area (Å²) < 4.78 is 0. The number of nitrogens with one attached hydrogen (secondary N) is 1. The fraction of sp³-hybridized carbons (Fsp3) is 0.371. The molecule has 1 fully saturated rings. The second-order valence-electron chi connectivity index (χ2n) is 12.4. The van der Waals surface area contributed by atoms with E-state index >= 15 is 0 Å². The molecule has 2 heterocycles. The minimum atomic E-state index is -1.25. The molecule has 4 unspecified atom stereocenters. The number of benzene rings is 3. The number of hydrogen-bond donors (Lipinski definition) is 3. The van der Waals surface area contributed by atoms with Crippen molar-refractivity contribution < 1.29 is 24.7 Å². The first-order chi connectivity index (χ1) is 21.5. The number of hydrogen-bond acceptors (Lipinski definition) is 7. The van der Waals surface area contributed by atoms with Gasteiger partial charge in [0.15, 0.2) is 0 Å². The number of carbonyl (C=O) groups is 2. The van der Waals surface area contributed by atoms with Gasteiger partial charge in [-0.05, 0) is 43.9 Å². The molecule has 3 aromatic rings. The smallest absolute Gasteiger partial charge is 0.333 e. The van der Waals surface area contributed by atoms with E-state index in [0.29, 0.717) is 17.7 Å². The van der Waals surface area contributed by atoms with Crippen molar-refractivity contribution in [1.82, 2.24) is 15.1 Å². The zero-order chi connectivity index (χ0) is 32.3. The van der Waals surface area contributed by atoms with Crippen molar-refractivity contribution in [2.75, 3.05) is 26.2 Å². The van der Waals surface area contributed by atoms with Gasteiger partial charge in [0.2, 0.25) is 0 Å². The van der Waals surface area contributed by atoms with E-state index in [-0.39, 0.29) is 23.3 Å². The minimum Gasteiger partial charge on any atom is -0.481 e. The van der Waals surface area contributed by atoms with Gasteiger partial charge in [0, 0.05) is 61.5 Å². The summed E-state index contributed by atoms with van der Waals surface area (Å²) in [7, 11) is 0. The van der Waals surface area contributed by atoms with Crippen molar-refractivity contribution >= 4 is 17.6 Å². The highest BCUT2D eigenvalue weighted by Gasteiger charge is 2.52. The van der Waals surface area contributed by atoms with Crippen LogP contribution in [0.3, 0.4) is 0 Å². The summed E-state index contributed by atoms with van der Waals surface area (Å²) in [6.45, 7) is 8.77. The van der Waals surface area contributed by atoms with Gasteiger partial charge in [0.05, 0.1) is 22.5 Å².